The number of aliphatic hydroxyl groups is 1. The second-order valence-electron chi connectivity index (χ2n) is 9.59. The van der Waals surface area contributed by atoms with Crippen LogP contribution >= 0.6 is 0 Å². The van der Waals surface area contributed by atoms with Crippen LogP contribution in [0, 0.1) is 10.8 Å². The highest BCUT2D eigenvalue weighted by molar-refractivity contribution is 6.23. The van der Waals surface area contributed by atoms with Crippen molar-refractivity contribution in [2.75, 3.05) is 6.61 Å². The minimum absolute atomic E-state index is 0.0355. The fourth-order valence-corrected chi connectivity index (χ4v) is 4.20. The van der Waals surface area contributed by atoms with Crippen LogP contribution in [-0.2, 0) is 22.5 Å². The number of rotatable bonds is 6. The van der Waals surface area contributed by atoms with Gasteiger partial charge in [0.25, 0.3) is 0 Å². The average molecular weight is 402 g/mol. The Morgan fingerprint density at radius 3 is 2.41 bits per heavy atom. The van der Waals surface area contributed by atoms with Gasteiger partial charge in [0.2, 0.25) is 0 Å². The van der Waals surface area contributed by atoms with Crippen molar-refractivity contribution in [3.8, 4) is 0 Å². The zero-order valence-electron chi connectivity index (χ0n) is 17.9. The molecule has 1 aromatic heterocycles. The quantitative estimate of drug-likeness (QED) is 0.560. The first-order chi connectivity index (χ1) is 13.5. The summed E-state index contributed by atoms with van der Waals surface area (Å²) in [7, 11) is 0. The van der Waals surface area contributed by atoms with Crippen LogP contribution in [0.15, 0.2) is 21.0 Å². The first kappa shape index (κ1) is 21.3. The molecule has 2 aliphatic rings. The van der Waals surface area contributed by atoms with E-state index in [0.717, 1.165) is 0 Å². The fourth-order valence-electron chi connectivity index (χ4n) is 4.20. The molecule has 29 heavy (non-hydrogen) atoms. The summed E-state index contributed by atoms with van der Waals surface area (Å²) in [5.41, 5.74) is 1.35. The van der Waals surface area contributed by atoms with Crippen LogP contribution in [0.3, 0.4) is 0 Å². The summed E-state index contributed by atoms with van der Waals surface area (Å²) in [4.78, 5) is 30.5. The maximum atomic E-state index is 12.7. The molecule has 7 heteroatoms. The normalized spacial score (nSPS) is 21.3. The predicted octanol–water partition coefficient (Wildman–Crippen LogP) is 4.36. The van der Waals surface area contributed by atoms with Crippen molar-refractivity contribution in [3.63, 3.8) is 0 Å². The molecule has 0 saturated heterocycles. The predicted molar refractivity (Wildman–Crippen MR) is 108 cm³/mol. The molecular weight excluding hydrogens is 372 g/mol. The third-order valence-electron chi connectivity index (χ3n) is 5.43. The highest BCUT2D eigenvalue weighted by atomic mass is 16.6. The Balaban J connectivity index is 1.85. The van der Waals surface area contributed by atoms with E-state index in [2.05, 4.69) is 10.3 Å². The van der Waals surface area contributed by atoms with Crippen LogP contribution in [0.2, 0.25) is 0 Å². The van der Waals surface area contributed by atoms with E-state index in [9.17, 15) is 14.7 Å². The Hall–Kier alpha value is -2.44. The highest BCUT2D eigenvalue weighted by Crippen LogP contribution is 2.38. The van der Waals surface area contributed by atoms with Crippen molar-refractivity contribution in [1.29, 1.82) is 0 Å². The molecule has 1 heterocycles. The minimum atomic E-state index is -0.286. The maximum Gasteiger partial charge on any atom is 0.168 e. The van der Waals surface area contributed by atoms with Crippen molar-refractivity contribution >= 4 is 17.3 Å². The smallest absolute Gasteiger partial charge is 0.168 e. The molecular formula is C22H30N2O5. The molecule has 0 amide bonds. The van der Waals surface area contributed by atoms with E-state index in [-0.39, 0.29) is 33.7 Å². The number of nitrogens with zero attached hydrogens (tertiary/aromatic N) is 2. The topological polar surface area (TPSA) is 102 Å². The van der Waals surface area contributed by atoms with Crippen LogP contribution < -0.4 is 0 Å². The number of Topliss-reactive ketones (excluding diaryl/α,β-unsaturated/α-hetero) is 2. The summed E-state index contributed by atoms with van der Waals surface area (Å²) in [5, 5.41) is 18.7. The van der Waals surface area contributed by atoms with Gasteiger partial charge >= 0.3 is 0 Å². The van der Waals surface area contributed by atoms with Gasteiger partial charge in [0.05, 0.1) is 22.5 Å². The van der Waals surface area contributed by atoms with Gasteiger partial charge in [-0.2, -0.15) is 0 Å². The van der Waals surface area contributed by atoms with E-state index in [0.29, 0.717) is 67.9 Å². The molecule has 0 atom stereocenters. The molecule has 2 aliphatic carbocycles. The molecule has 7 nitrogen and oxygen atoms in total. The average Bonchev–Trinajstić information content (AvgIpc) is 2.96. The Kier molecular flexibility index (Phi) is 5.70. The lowest BCUT2D eigenvalue weighted by atomic mass is 9.74. The van der Waals surface area contributed by atoms with Gasteiger partial charge < -0.3 is 14.5 Å². The summed E-state index contributed by atoms with van der Waals surface area (Å²) in [5.74, 6) is 0.567. The van der Waals surface area contributed by atoms with Crippen molar-refractivity contribution in [3.05, 3.63) is 28.3 Å². The number of carbonyl (C=O) groups excluding carboxylic acids is 2. The molecule has 3 rings (SSSR count). The monoisotopic (exact) mass is 402 g/mol. The number of carbonyl (C=O) groups is 2. The van der Waals surface area contributed by atoms with E-state index in [1.807, 2.05) is 27.7 Å². The number of hydrogen-bond donors (Lipinski definition) is 1. The Morgan fingerprint density at radius 1 is 1.10 bits per heavy atom. The first-order valence-electron chi connectivity index (χ1n) is 10.2. The van der Waals surface area contributed by atoms with Crippen LogP contribution in [-0.4, -0.2) is 34.1 Å². The van der Waals surface area contributed by atoms with E-state index < -0.39 is 0 Å². The van der Waals surface area contributed by atoms with Crippen LogP contribution in [0.1, 0.15) is 82.1 Å². The fraction of sp³-hybridized carbons (Fsp3) is 0.636. The number of oxime groups is 1. The third-order valence-corrected chi connectivity index (χ3v) is 5.43. The number of fused-ring (bicyclic) bond motifs is 1. The highest BCUT2D eigenvalue weighted by Gasteiger charge is 2.38. The molecule has 1 N–H and O–H groups in total. The number of ketones is 2. The van der Waals surface area contributed by atoms with Crippen molar-refractivity contribution in [1.82, 2.24) is 5.16 Å². The summed E-state index contributed by atoms with van der Waals surface area (Å²) >= 11 is 0. The van der Waals surface area contributed by atoms with Crippen LogP contribution in [0.5, 0.6) is 0 Å². The number of hydrogen-bond acceptors (Lipinski definition) is 7. The van der Waals surface area contributed by atoms with Crippen LogP contribution in [0.4, 0.5) is 0 Å². The summed E-state index contributed by atoms with van der Waals surface area (Å²) < 4.78 is 5.45. The Bertz CT molecular complexity index is 889. The van der Waals surface area contributed by atoms with E-state index >= 15 is 0 Å². The summed E-state index contributed by atoms with van der Waals surface area (Å²) in [6.45, 7) is 10.1. The largest absolute Gasteiger partial charge is 0.511 e. The van der Waals surface area contributed by atoms with Gasteiger partial charge in [-0.3, -0.25) is 9.59 Å². The second-order valence-corrected chi connectivity index (χ2v) is 9.59. The molecule has 0 aliphatic heterocycles. The van der Waals surface area contributed by atoms with E-state index in [1.165, 1.54) is 0 Å². The summed E-state index contributed by atoms with van der Waals surface area (Å²) in [6.07, 6.45) is 2.57. The second kappa shape index (κ2) is 7.76. The Labute approximate surface area is 171 Å². The zero-order valence-corrected chi connectivity index (χ0v) is 17.9. The number of aliphatic hydroxyl groups excluding tert-OH is 1. The SMILES string of the molecule is CCON=C(CCc1noc2c1C(=O)CC(C)(C)C2)C1=C(O)CC(C)(C)CC1=O. The molecule has 0 aromatic carbocycles. The first-order valence-corrected chi connectivity index (χ1v) is 10.2. The standard InChI is InChI=1S/C22H30N2O5/c1-6-28-23-13(19-15(25)9-21(2,3)10-16(19)26)7-8-14-20-17(27)11-22(4,5)12-18(20)29-24-14/h25H,6-12H2,1-5H3. The maximum absolute atomic E-state index is 12.7. The Morgan fingerprint density at radius 2 is 1.76 bits per heavy atom. The van der Waals surface area contributed by atoms with Crippen LogP contribution in [0.25, 0.3) is 0 Å². The molecule has 0 bridgehead atoms. The third kappa shape index (κ3) is 4.60. The molecule has 0 spiro atoms. The van der Waals surface area contributed by atoms with Gasteiger partial charge in [0, 0.05) is 25.7 Å². The lowest BCUT2D eigenvalue weighted by Gasteiger charge is -2.29. The van der Waals surface area contributed by atoms with E-state index in [1.54, 1.807) is 6.92 Å². The molecule has 0 fully saturated rings. The minimum Gasteiger partial charge on any atom is -0.511 e. The molecule has 1 aromatic rings. The van der Waals surface area contributed by atoms with Gasteiger partial charge in [0.15, 0.2) is 11.6 Å². The van der Waals surface area contributed by atoms with Crippen molar-refractivity contribution in [2.45, 2.75) is 73.1 Å². The molecule has 0 radical (unpaired) electrons. The zero-order chi connectivity index (χ0) is 21.4. The van der Waals surface area contributed by atoms with Gasteiger partial charge in [-0.25, -0.2) is 0 Å². The molecule has 158 valence electrons. The van der Waals surface area contributed by atoms with Gasteiger partial charge in [-0.15, -0.1) is 0 Å². The number of aromatic nitrogens is 1. The number of allylic oxidation sites excluding steroid dienone is 2. The van der Waals surface area contributed by atoms with E-state index in [4.69, 9.17) is 9.36 Å². The lowest BCUT2D eigenvalue weighted by Crippen LogP contribution is -2.30. The van der Waals surface area contributed by atoms with Gasteiger partial charge in [0.1, 0.15) is 18.1 Å². The van der Waals surface area contributed by atoms with Crippen molar-refractivity contribution in [2.24, 2.45) is 16.0 Å². The summed E-state index contributed by atoms with van der Waals surface area (Å²) in [6, 6.07) is 0. The molecule has 0 unspecified atom stereocenters. The lowest BCUT2D eigenvalue weighted by molar-refractivity contribution is -0.118. The van der Waals surface area contributed by atoms with Crippen molar-refractivity contribution < 1.29 is 24.1 Å². The van der Waals surface area contributed by atoms with Gasteiger partial charge in [-0.05, 0) is 30.6 Å². The molecule has 0 saturated carbocycles. The number of aryl methyl sites for hydroxylation is 1. The van der Waals surface area contributed by atoms with Gasteiger partial charge in [-0.1, -0.05) is 38.0 Å².